The van der Waals surface area contributed by atoms with Crippen LogP contribution in [0.3, 0.4) is 0 Å². The first-order chi connectivity index (χ1) is 8.30. The molecule has 0 fully saturated rings. The first-order valence-electron chi connectivity index (χ1n) is 4.58. The van der Waals surface area contributed by atoms with Crippen molar-refractivity contribution >= 4 is 31.9 Å². The molecule has 0 spiro atoms. The fourth-order valence-electron chi connectivity index (χ4n) is 1.38. The van der Waals surface area contributed by atoms with Crippen LogP contribution >= 0.6 is 31.9 Å². The zero-order valence-electron chi connectivity index (χ0n) is 8.45. The SMILES string of the molecule is Fc1cccc(Br)c1-c1nc(Br)c(C(F)(F)F)[nH]1. The van der Waals surface area contributed by atoms with E-state index in [0.717, 1.165) is 6.07 Å². The fraction of sp³-hybridized carbons (Fsp3) is 0.100. The standard InChI is InChI=1S/C10H4Br2F4N2/c11-4-2-1-3-5(13)6(4)9-17-7(8(12)18-9)10(14,15)16/h1-3H,(H,17,18). The molecule has 18 heavy (non-hydrogen) atoms. The minimum absolute atomic E-state index is 0.0475. The number of aromatic nitrogens is 2. The molecule has 0 aliphatic heterocycles. The van der Waals surface area contributed by atoms with Crippen LogP contribution in [0, 0.1) is 5.82 Å². The van der Waals surface area contributed by atoms with Gasteiger partial charge in [0.2, 0.25) is 0 Å². The summed E-state index contributed by atoms with van der Waals surface area (Å²) in [7, 11) is 0. The fourth-order valence-corrected chi connectivity index (χ4v) is 2.41. The summed E-state index contributed by atoms with van der Waals surface area (Å²) in [5.41, 5.74) is -1.10. The van der Waals surface area contributed by atoms with Gasteiger partial charge in [-0.25, -0.2) is 9.37 Å². The highest BCUT2D eigenvalue weighted by Gasteiger charge is 2.36. The maximum Gasteiger partial charge on any atom is 0.433 e. The minimum atomic E-state index is -4.58. The number of hydrogen-bond donors (Lipinski definition) is 1. The predicted octanol–water partition coefficient (Wildman–Crippen LogP) is 4.76. The number of nitrogens with zero attached hydrogens (tertiary/aromatic N) is 1. The van der Waals surface area contributed by atoms with Gasteiger partial charge in [0.1, 0.15) is 16.2 Å². The number of hydrogen-bond acceptors (Lipinski definition) is 1. The molecule has 0 saturated carbocycles. The summed E-state index contributed by atoms with van der Waals surface area (Å²) in [6.07, 6.45) is -4.58. The molecule has 0 aliphatic rings. The van der Waals surface area contributed by atoms with Gasteiger partial charge in [0.25, 0.3) is 0 Å². The lowest BCUT2D eigenvalue weighted by atomic mass is 10.2. The zero-order chi connectivity index (χ0) is 13.5. The van der Waals surface area contributed by atoms with Crippen LogP contribution in [0.2, 0.25) is 0 Å². The zero-order valence-corrected chi connectivity index (χ0v) is 11.6. The molecule has 8 heteroatoms. The van der Waals surface area contributed by atoms with Gasteiger partial charge in [0, 0.05) is 4.47 Å². The first kappa shape index (κ1) is 13.5. The Hall–Kier alpha value is -0.890. The molecule has 0 unspecified atom stereocenters. The molecule has 0 amide bonds. The lowest BCUT2D eigenvalue weighted by molar-refractivity contribution is -0.141. The number of H-pyrrole nitrogens is 1. The smallest absolute Gasteiger partial charge is 0.333 e. The van der Waals surface area contributed by atoms with Crippen molar-refractivity contribution in [1.82, 2.24) is 9.97 Å². The largest absolute Gasteiger partial charge is 0.433 e. The van der Waals surface area contributed by atoms with Crippen molar-refractivity contribution in [3.8, 4) is 11.4 Å². The molecule has 1 heterocycles. The average Bonchev–Trinajstić information content (AvgIpc) is 2.59. The molecular formula is C10H4Br2F4N2. The molecule has 0 bridgehead atoms. The third-order valence-electron chi connectivity index (χ3n) is 2.14. The van der Waals surface area contributed by atoms with Gasteiger partial charge in [-0.1, -0.05) is 6.07 Å². The van der Waals surface area contributed by atoms with Crippen LogP contribution < -0.4 is 0 Å². The number of benzene rings is 1. The van der Waals surface area contributed by atoms with E-state index in [4.69, 9.17) is 0 Å². The Kier molecular flexibility index (Phi) is 3.50. The summed E-state index contributed by atoms with van der Waals surface area (Å²) in [6, 6.07) is 4.09. The summed E-state index contributed by atoms with van der Waals surface area (Å²) in [5, 5.41) is 0. The lowest BCUT2D eigenvalue weighted by Crippen LogP contribution is -2.06. The van der Waals surface area contributed by atoms with Crippen LogP contribution in [-0.4, -0.2) is 9.97 Å². The Morgan fingerprint density at radius 2 is 1.83 bits per heavy atom. The molecular weight excluding hydrogens is 384 g/mol. The van der Waals surface area contributed by atoms with Crippen molar-refractivity contribution in [1.29, 1.82) is 0 Å². The third kappa shape index (κ3) is 2.44. The van der Waals surface area contributed by atoms with Crippen LogP contribution in [-0.2, 0) is 6.18 Å². The first-order valence-corrected chi connectivity index (χ1v) is 6.16. The molecule has 0 aliphatic carbocycles. The maximum absolute atomic E-state index is 13.6. The van der Waals surface area contributed by atoms with Crippen molar-refractivity contribution in [2.75, 3.05) is 0 Å². The molecule has 1 aromatic carbocycles. The monoisotopic (exact) mass is 386 g/mol. The van der Waals surface area contributed by atoms with Crippen molar-refractivity contribution < 1.29 is 17.6 Å². The molecule has 0 radical (unpaired) electrons. The van der Waals surface area contributed by atoms with Crippen LogP contribution in [0.4, 0.5) is 17.6 Å². The maximum atomic E-state index is 13.6. The summed E-state index contributed by atoms with van der Waals surface area (Å²) in [5.74, 6) is -0.862. The van der Waals surface area contributed by atoms with Gasteiger partial charge in [0.15, 0.2) is 5.69 Å². The van der Waals surface area contributed by atoms with Gasteiger partial charge < -0.3 is 4.98 Å². The predicted molar refractivity (Wildman–Crippen MR) is 64.4 cm³/mol. The second kappa shape index (κ2) is 4.65. The number of nitrogens with one attached hydrogen (secondary N) is 1. The molecule has 0 atom stereocenters. The average molecular weight is 388 g/mol. The Balaban J connectivity index is 2.60. The summed E-state index contributed by atoms with van der Waals surface area (Å²) in [6.45, 7) is 0. The van der Waals surface area contributed by atoms with E-state index in [-0.39, 0.29) is 11.4 Å². The minimum Gasteiger partial charge on any atom is -0.333 e. The van der Waals surface area contributed by atoms with Crippen molar-refractivity contribution in [3.05, 3.63) is 38.8 Å². The topological polar surface area (TPSA) is 28.7 Å². The molecule has 96 valence electrons. The van der Waals surface area contributed by atoms with E-state index in [1.165, 1.54) is 12.1 Å². The molecule has 2 aromatic rings. The highest BCUT2D eigenvalue weighted by molar-refractivity contribution is 9.10. The van der Waals surface area contributed by atoms with Gasteiger partial charge in [0.05, 0.1) is 5.56 Å². The van der Waals surface area contributed by atoms with E-state index < -0.39 is 22.3 Å². The summed E-state index contributed by atoms with van der Waals surface area (Å²) < 4.78 is 51.2. The van der Waals surface area contributed by atoms with E-state index in [1.807, 2.05) is 0 Å². The Morgan fingerprint density at radius 3 is 2.33 bits per heavy atom. The van der Waals surface area contributed by atoms with E-state index in [0.29, 0.717) is 4.47 Å². The van der Waals surface area contributed by atoms with E-state index in [1.54, 1.807) is 0 Å². The summed E-state index contributed by atoms with van der Waals surface area (Å²) >= 11 is 5.77. The second-order valence-electron chi connectivity index (χ2n) is 3.35. The van der Waals surface area contributed by atoms with Crippen LogP contribution in [0.5, 0.6) is 0 Å². The van der Waals surface area contributed by atoms with E-state index >= 15 is 0 Å². The Labute approximate surface area is 116 Å². The highest BCUT2D eigenvalue weighted by atomic mass is 79.9. The van der Waals surface area contributed by atoms with E-state index in [9.17, 15) is 17.6 Å². The van der Waals surface area contributed by atoms with Crippen molar-refractivity contribution in [3.63, 3.8) is 0 Å². The number of aromatic amines is 1. The van der Waals surface area contributed by atoms with Gasteiger partial charge in [-0.3, -0.25) is 0 Å². The Morgan fingerprint density at radius 1 is 1.17 bits per heavy atom. The van der Waals surface area contributed by atoms with Crippen LogP contribution in [0.25, 0.3) is 11.4 Å². The molecule has 2 rings (SSSR count). The normalized spacial score (nSPS) is 11.9. The summed E-state index contributed by atoms with van der Waals surface area (Å²) in [4.78, 5) is 5.71. The number of alkyl halides is 3. The molecule has 1 aromatic heterocycles. The highest BCUT2D eigenvalue weighted by Crippen LogP contribution is 2.37. The van der Waals surface area contributed by atoms with Crippen LogP contribution in [0.15, 0.2) is 27.3 Å². The van der Waals surface area contributed by atoms with Gasteiger partial charge in [-0.05, 0) is 44.0 Å². The quantitative estimate of drug-likeness (QED) is 0.702. The van der Waals surface area contributed by atoms with Crippen molar-refractivity contribution in [2.45, 2.75) is 6.18 Å². The van der Waals surface area contributed by atoms with Crippen molar-refractivity contribution in [2.24, 2.45) is 0 Å². The third-order valence-corrected chi connectivity index (χ3v) is 3.38. The number of rotatable bonds is 1. The molecule has 0 saturated heterocycles. The second-order valence-corrected chi connectivity index (χ2v) is 4.95. The number of imidazole rings is 1. The van der Waals surface area contributed by atoms with Gasteiger partial charge in [-0.2, -0.15) is 13.2 Å². The lowest BCUT2D eigenvalue weighted by Gasteiger charge is -2.04. The van der Waals surface area contributed by atoms with Crippen LogP contribution in [0.1, 0.15) is 5.69 Å². The van der Waals surface area contributed by atoms with Gasteiger partial charge >= 0.3 is 6.18 Å². The molecule has 1 N–H and O–H groups in total. The molecule has 2 nitrogen and oxygen atoms in total. The number of halogens is 6. The van der Waals surface area contributed by atoms with Gasteiger partial charge in [-0.15, -0.1) is 0 Å². The van der Waals surface area contributed by atoms with E-state index in [2.05, 4.69) is 41.8 Å². The Bertz CT molecular complexity index is 572.